The van der Waals surface area contributed by atoms with Crippen LogP contribution in [0.2, 0.25) is 0 Å². The van der Waals surface area contributed by atoms with Crippen LogP contribution in [0.3, 0.4) is 0 Å². The number of rotatable bonds is 3. The van der Waals surface area contributed by atoms with E-state index in [1.807, 2.05) is 24.3 Å². The Morgan fingerprint density at radius 1 is 1.05 bits per heavy atom. The molecule has 4 heteroatoms. The minimum atomic E-state index is 0.671. The smallest absolute Gasteiger partial charge is 0.181 e. The lowest BCUT2D eigenvalue weighted by atomic mass is 10.1. The van der Waals surface area contributed by atoms with E-state index < -0.39 is 0 Å². The molecule has 1 heterocycles. The molecule has 0 saturated carbocycles. The zero-order chi connectivity index (χ0) is 14.8. The Hall–Kier alpha value is -2.62. The molecule has 0 radical (unpaired) electrons. The molecule has 0 spiro atoms. The quantitative estimate of drug-likeness (QED) is 0.794. The molecule has 1 N–H and O–H groups in total. The zero-order valence-corrected chi connectivity index (χ0v) is 12.3. The predicted octanol–water partition coefficient (Wildman–Crippen LogP) is 3.76. The Morgan fingerprint density at radius 2 is 1.90 bits per heavy atom. The Balaban J connectivity index is 2.01. The highest BCUT2D eigenvalue weighted by atomic mass is 16.5. The van der Waals surface area contributed by atoms with Gasteiger partial charge in [-0.1, -0.05) is 29.8 Å². The summed E-state index contributed by atoms with van der Waals surface area (Å²) in [6, 6.07) is 14.0. The first-order chi connectivity index (χ1) is 10.2. The molecule has 3 rings (SSSR count). The largest absolute Gasteiger partial charge is 0.497 e. The van der Waals surface area contributed by atoms with Gasteiger partial charge in [-0.05, 0) is 37.6 Å². The van der Waals surface area contributed by atoms with Gasteiger partial charge in [0.1, 0.15) is 5.75 Å². The van der Waals surface area contributed by atoms with Gasteiger partial charge in [-0.3, -0.25) is 5.10 Å². The number of hydrogen-bond acceptors (Lipinski definition) is 3. The molecule has 0 unspecified atom stereocenters. The van der Waals surface area contributed by atoms with Crippen molar-refractivity contribution in [3.05, 3.63) is 53.6 Å². The molecule has 0 aliphatic rings. The molecule has 0 aliphatic heterocycles. The minimum absolute atomic E-state index is 0.671. The lowest BCUT2D eigenvalue weighted by Crippen LogP contribution is -1.87. The van der Waals surface area contributed by atoms with E-state index in [2.05, 4.69) is 47.2 Å². The average molecular weight is 279 g/mol. The van der Waals surface area contributed by atoms with E-state index in [9.17, 15) is 0 Å². The van der Waals surface area contributed by atoms with Gasteiger partial charge in [-0.2, -0.15) is 5.10 Å². The highest BCUT2D eigenvalue weighted by Gasteiger charge is 2.10. The maximum atomic E-state index is 5.24. The van der Waals surface area contributed by atoms with Gasteiger partial charge in [0.2, 0.25) is 0 Å². The fourth-order valence-electron chi connectivity index (χ4n) is 2.26. The summed E-state index contributed by atoms with van der Waals surface area (Å²) in [6.07, 6.45) is 0. The van der Waals surface area contributed by atoms with Crippen LogP contribution in [-0.4, -0.2) is 22.3 Å². The molecule has 0 fully saturated rings. The first-order valence-corrected chi connectivity index (χ1v) is 6.82. The van der Waals surface area contributed by atoms with Crippen molar-refractivity contribution in [1.82, 2.24) is 15.2 Å². The predicted molar refractivity (Wildman–Crippen MR) is 83.3 cm³/mol. The number of nitrogens with zero attached hydrogens (tertiary/aromatic N) is 2. The third kappa shape index (κ3) is 2.65. The van der Waals surface area contributed by atoms with Crippen molar-refractivity contribution in [1.29, 1.82) is 0 Å². The van der Waals surface area contributed by atoms with Crippen molar-refractivity contribution < 1.29 is 4.74 Å². The summed E-state index contributed by atoms with van der Waals surface area (Å²) < 4.78 is 5.24. The molecule has 21 heavy (non-hydrogen) atoms. The van der Waals surface area contributed by atoms with Crippen molar-refractivity contribution in [2.45, 2.75) is 13.8 Å². The molecule has 3 aromatic rings. The number of methoxy groups -OCH3 is 1. The zero-order valence-electron chi connectivity index (χ0n) is 12.3. The van der Waals surface area contributed by atoms with E-state index >= 15 is 0 Å². The van der Waals surface area contributed by atoms with E-state index in [4.69, 9.17) is 4.74 Å². The maximum Gasteiger partial charge on any atom is 0.181 e. The van der Waals surface area contributed by atoms with Crippen LogP contribution in [-0.2, 0) is 0 Å². The van der Waals surface area contributed by atoms with Crippen LogP contribution < -0.4 is 4.74 Å². The summed E-state index contributed by atoms with van der Waals surface area (Å²) in [5.41, 5.74) is 4.39. The summed E-state index contributed by atoms with van der Waals surface area (Å²) in [5, 5.41) is 7.34. The third-order valence-corrected chi connectivity index (χ3v) is 3.46. The van der Waals surface area contributed by atoms with Crippen molar-refractivity contribution >= 4 is 0 Å². The molecular weight excluding hydrogens is 262 g/mol. The van der Waals surface area contributed by atoms with Crippen LogP contribution in [0.1, 0.15) is 11.1 Å². The fourth-order valence-corrected chi connectivity index (χ4v) is 2.26. The van der Waals surface area contributed by atoms with E-state index in [0.717, 1.165) is 22.7 Å². The highest BCUT2D eigenvalue weighted by Crippen LogP contribution is 2.25. The Labute approximate surface area is 123 Å². The summed E-state index contributed by atoms with van der Waals surface area (Å²) in [7, 11) is 1.65. The molecule has 0 atom stereocenters. The Morgan fingerprint density at radius 3 is 2.71 bits per heavy atom. The monoisotopic (exact) mass is 279 g/mol. The van der Waals surface area contributed by atoms with Crippen molar-refractivity contribution in [3.8, 4) is 28.5 Å². The van der Waals surface area contributed by atoms with E-state index in [-0.39, 0.29) is 0 Å². The molecule has 0 bridgehead atoms. The van der Waals surface area contributed by atoms with E-state index in [0.29, 0.717) is 5.82 Å². The van der Waals surface area contributed by atoms with Crippen LogP contribution in [0.4, 0.5) is 0 Å². The molecule has 0 amide bonds. The summed E-state index contributed by atoms with van der Waals surface area (Å²) in [6.45, 7) is 4.14. The third-order valence-electron chi connectivity index (χ3n) is 3.46. The number of H-pyrrole nitrogens is 1. The minimum Gasteiger partial charge on any atom is -0.497 e. The van der Waals surface area contributed by atoms with Crippen molar-refractivity contribution in [3.63, 3.8) is 0 Å². The van der Waals surface area contributed by atoms with Crippen molar-refractivity contribution in [2.24, 2.45) is 0 Å². The normalized spacial score (nSPS) is 10.6. The lowest BCUT2D eigenvalue weighted by Gasteiger charge is -2.03. The summed E-state index contributed by atoms with van der Waals surface area (Å²) >= 11 is 0. The number of hydrogen-bond donors (Lipinski definition) is 1. The lowest BCUT2D eigenvalue weighted by molar-refractivity contribution is 0.415. The van der Waals surface area contributed by atoms with Crippen LogP contribution in [0.15, 0.2) is 42.5 Å². The molecule has 4 nitrogen and oxygen atoms in total. The van der Waals surface area contributed by atoms with E-state index in [1.54, 1.807) is 7.11 Å². The second kappa shape index (κ2) is 5.40. The van der Waals surface area contributed by atoms with Gasteiger partial charge in [0, 0.05) is 11.1 Å². The van der Waals surface area contributed by atoms with Gasteiger partial charge in [0.05, 0.1) is 7.11 Å². The maximum absolute atomic E-state index is 5.24. The van der Waals surface area contributed by atoms with Gasteiger partial charge in [-0.15, -0.1) is 0 Å². The molecule has 106 valence electrons. The topological polar surface area (TPSA) is 50.8 Å². The number of nitrogens with one attached hydrogen (secondary N) is 1. The number of aryl methyl sites for hydroxylation is 2. The summed E-state index contributed by atoms with van der Waals surface area (Å²) in [5.74, 6) is 2.25. The molecule has 1 aromatic heterocycles. The van der Waals surface area contributed by atoms with Crippen molar-refractivity contribution in [2.75, 3.05) is 7.11 Å². The van der Waals surface area contributed by atoms with Gasteiger partial charge in [0.15, 0.2) is 11.6 Å². The molecule has 0 aliphatic carbocycles. The van der Waals surface area contributed by atoms with Crippen LogP contribution in [0.5, 0.6) is 5.75 Å². The van der Waals surface area contributed by atoms with Crippen LogP contribution >= 0.6 is 0 Å². The highest BCUT2D eigenvalue weighted by molar-refractivity contribution is 5.65. The fraction of sp³-hybridized carbons (Fsp3) is 0.176. The summed E-state index contributed by atoms with van der Waals surface area (Å²) in [4.78, 5) is 4.61. The number of ether oxygens (including phenoxy) is 1. The first kappa shape index (κ1) is 13.4. The van der Waals surface area contributed by atoms with Gasteiger partial charge < -0.3 is 4.74 Å². The standard InChI is InChI=1S/C17H17N3O/c1-11-7-8-12(2)15(9-11)17-18-16(19-20-17)13-5-4-6-14(10-13)21-3/h4-10H,1-3H3,(H,18,19,20). The number of benzene rings is 2. The molecule has 0 saturated heterocycles. The molecular formula is C17H17N3O. The average Bonchev–Trinajstić information content (AvgIpc) is 2.99. The van der Waals surface area contributed by atoms with Gasteiger partial charge in [-0.25, -0.2) is 4.98 Å². The second-order valence-electron chi connectivity index (χ2n) is 5.06. The van der Waals surface area contributed by atoms with Crippen LogP contribution in [0.25, 0.3) is 22.8 Å². The molecule has 2 aromatic carbocycles. The van der Waals surface area contributed by atoms with Gasteiger partial charge >= 0.3 is 0 Å². The van der Waals surface area contributed by atoms with Crippen LogP contribution in [0, 0.1) is 13.8 Å². The number of aromatic amines is 1. The first-order valence-electron chi connectivity index (χ1n) is 6.82. The van der Waals surface area contributed by atoms with Gasteiger partial charge in [0.25, 0.3) is 0 Å². The Bertz CT molecular complexity index is 777. The SMILES string of the molecule is COc1cccc(-c2n[nH]c(-c3cc(C)ccc3C)n2)c1. The second-order valence-corrected chi connectivity index (χ2v) is 5.06. The van der Waals surface area contributed by atoms with E-state index in [1.165, 1.54) is 11.1 Å². The number of aromatic nitrogens is 3. The Kier molecular flexibility index (Phi) is 3.44.